The molecule has 0 aliphatic rings. The molecule has 0 N–H and O–H groups in total. The minimum Gasteiger partial charge on any atom is -0.493 e. The fourth-order valence-electron chi connectivity index (χ4n) is 7.46. The van der Waals surface area contributed by atoms with Gasteiger partial charge >= 0.3 is 0 Å². The topological polar surface area (TPSA) is 55.4 Å². The van der Waals surface area contributed by atoms with E-state index in [0.29, 0.717) is 21.7 Å². The Morgan fingerprint density at radius 3 is 1.00 bits per heavy atom. The second-order valence-electron chi connectivity index (χ2n) is 12.8. The second kappa shape index (κ2) is 17.1. The van der Waals surface area contributed by atoms with Gasteiger partial charge in [-0.15, -0.1) is 0 Å². The fraction of sp³-hybridized carbons (Fsp3) is 0.471. The van der Waals surface area contributed by atoms with Crippen molar-refractivity contribution in [2.24, 2.45) is 0 Å². The van der Waals surface area contributed by atoms with E-state index >= 15 is 0 Å². The van der Waals surface area contributed by atoms with Crippen molar-refractivity contribution in [1.29, 1.82) is 0 Å². The van der Waals surface area contributed by atoms with Crippen LogP contribution in [-0.2, 0) is 0 Å². The van der Waals surface area contributed by atoms with Crippen LogP contribution in [0.4, 0.5) is 0 Å². The molecule has 0 aliphatic carbocycles. The lowest BCUT2D eigenvalue weighted by Gasteiger charge is -2.37. The van der Waals surface area contributed by atoms with Crippen LogP contribution < -0.4 is 44.0 Å². The van der Waals surface area contributed by atoms with Crippen molar-refractivity contribution in [2.75, 3.05) is 42.7 Å². The predicted octanol–water partition coefficient (Wildman–Crippen LogP) is 2.64. The van der Waals surface area contributed by atoms with Gasteiger partial charge in [0.2, 0.25) is 0 Å². The van der Waals surface area contributed by atoms with Gasteiger partial charge in [0.25, 0.3) is 0 Å². The first kappa shape index (κ1) is 35.8. The molecule has 6 nitrogen and oxygen atoms in total. The number of benzene rings is 3. The Morgan fingerprint density at radius 2 is 0.773 bits per heavy atom. The summed E-state index contributed by atoms with van der Waals surface area (Å²) in [6, 6.07) is 19.0. The molecule has 0 amide bonds. The molecule has 0 bridgehead atoms. The van der Waals surface area contributed by atoms with Crippen molar-refractivity contribution in [3.05, 3.63) is 54.6 Å². The first-order valence-corrected chi connectivity index (χ1v) is 21.3. The molecule has 3 aromatic carbocycles. The summed E-state index contributed by atoms with van der Waals surface area (Å²) in [5.74, 6) is 5.26. The Hall–Kier alpha value is -2.67. The van der Waals surface area contributed by atoms with Gasteiger partial charge in [-0.25, -0.2) is 0 Å². The predicted molar refractivity (Wildman–Crippen MR) is 198 cm³/mol. The van der Waals surface area contributed by atoms with E-state index in [1.807, 2.05) is 18.2 Å². The Bertz CT molecular complexity index is 1180. The van der Waals surface area contributed by atoms with E-state index in [9.17, 15) is 0 Å². The Labute approximate surface area is 275 Å². The molecule has 3 aromatic rings. The van der Waals surface area contributed by atoms with Crippen LogP contribution >= 0.6 is 0 Å². The zero-order valence-corrected chi connectivity index (χ0v) is 34.9. The second-order valence-corrected chi connectivity index (χ2v) is 22.6. The maximum atomic E-state index is 5.83. The summed E-state index contributed by atoms with van der Waals surface area (Å²) in [6.45, 7) is 7.41. The summed E-state index contributed by atoms with van der Waals surface area (Å²) < 4.78 is 34.4. The van der Waals surface area contributed by atoms with Crippen LogP contribution in [0.3, 0.4) is 0 Å². The van der Waals surface area contributed by atoms with Gasteiger partial charge in [0.05, 0.1) is 71.2 Å². The van der Waals surface area contributed by atoms with E-state index in [1.165, 1.54) is 34.8 Å². The van der Waals surface area contributed by atoms with Crippen molar-refractivity contribution in [1.82, 2.24) is 0 Å². The number of methoxy groups -OCH3 is 6. The Kier molecular flexibility index (Phi) is 13.9. The van der Waals surface area contributed by atoms with Crippen LogP contribution in [-0.4, -0.2) is 81.5 Å². The number of ether oxygens (including phenoxy) is 6. The molecule has 242 valence electrons. The van der Waals surface area contributed by atoms with Crippen LogP contribution in [0.1, 0.15) is 40.0 Å². The standard InChI is InChI=1S/C34H54O6Si4/c1-22(42-28-16-10-13-25(35-4)31(28)38-7)19-34(41,20-23(2)43-29-17-11-14-26(36-5)32(29)39-8)21-24(3)44-30-18-12-15-27(37-6)33(30)40-9/h10-18,22-24H,19-21,42-44H2,1-9,41H3. The van der Waals surface area contributed by atoms with Crippen molar-refractivity contribution in [3.8, 4) is 34.5 Å². The first-order valence-electron chi connectivity index (χ1n) is 15.7. The molecule has 0 saturated heterocycles. The van der Waals surface area contributed by atoms with Gasteiger partial charge in [0, 0.05) is 10.2 Å². The highest BCUT2D eigenvalue weighted by Gasteiger charge is 2.32. The van der Waals surface area contributed by atoms with E-state index in [4.69, 9.17) is 28.4 Å². The van der Waals surface area contributed by atoms with Crippen LogP contribution in [0.2, 0.25) is 21.7 Å². The lowest BCUT2D eigenvalue weighted by Crippen LogP contribution is -2.30. The maximum absolute atomic E-state index is 5.83. The smallest absolute Gasteiger partial charge is 0.160 e. The molecule has 0 radical (unpaired) electrons. The van der Waals surface area contributed by atoms with Crippen LogP contribution in [0.5, 0.6) is 34.5 Å². The summed E-state index contributed by atoms with van der Waals surface area (Å²) in [5, 5.41) is 4.41. The lowest BCUT2D eigenvalue weighted by atomic mass is 9.91. The number of hydrogen-bond acceptors (Lipinski definition) is 6. The van der Waals surface area contributed by atoms with E-state index in [0.717, 1.165) is 44.7 Å². The zero-order chi connectivity index (χ0) is 32.3. The number of rotatable bonds is 18. The lowest BCUT2D eigenvalue weighted by molar-refractivity contribution is 0.357. The monoisotopic (exact) mass is 670 g/mol. The van der Waals surface area contributed by atoms with E-state index in [2.05, 4.69) is 57.2 Å². The van der Waals surface area contributed by atoms with Crippen molar-refractivity contribution in [2.45, 2.75) is 61.7 Å². The molecule has 0 fully saturated rings. The van der Waals surface area contributed by atoms with Gasteiger partial charge in [-0.2, -0.15) is 0 Å². The van der Waals surface area contributed by atoms with Crippen molar-refractivity contribution >= 4 is 54.4 Å². The van der Waals surface area contributed by atoms with E-state index in [-0.39, 0.29) is 0 Å². The van der Waals surface area contributed by atoms with Gasteiger partial charge < -0.3 is 28.4 Å². The first-order chi connectivity index (χ1) is 21.1. The minimum absolute atomic E-state index is 0.343. The third kappa shape index (κ3) is 9.42. The molecular weight excluding hydrogens is 617 g/mol. The molecule has 0 saturated carbocycles. The van der Waals surface area contributed by atoms with Crippen molar-refractivity contribution in [3.63, 3.8) is 0 Å². The van der Waals surface area contributed by atoms with Crippen LogP contribution in [0.15, 0.2) is 54.6 Å². The van der Waals surface area contributed by atoms with Crippen LogP contribution in [0.25, 0.3) is 0 Å². The Morgan fingerprint density at radius 1 is 0.500 bits per heavy atom. The number of para-hydroxylation sites is 3. The fourth-order valence-corrected chi connectivity index (χ4v) is 18.4. The third-order valence-electron chi connectivity index (χ3n) is 8.68. The van der Waals surface area contributed by atoms with Gasteiger partial charge in [0.15, 0.2) is 34.5 Å². The molecule has 10 heteroatoms. The van der Waals surface area contributed by atoms with Gasteiger partial charge in [-0.1, -0.05) is 76.4 Å². The zero-order valence-electron chi connectivity index (χ0n) is 28.6. The Balaban J connectivity index is 1.86. The van der Waals surface area contributed by atoms with E-state index < -0.39 is 28.6 Å². The SMILES string of the molecule is COc1cccc([SiH2]C(C)CC([SiH3])(CC(C)[SiH2]c2cccc(OC)c2OC)CC(C)[SiH2]c2cccc(OC)c2OC)c1OC. The molecule has 0 aromatic heterocycles. The average molecular weight is 671 g/mol. The molecule has 3 atom stereocenters. The summed E-state index contributed by atoms with van der Waals surface area (Å²) in [6.07, 6.45) is 3.77. The van der Waals surface area contributed by atoms with Crippen LogP contribution in [0, 0.1) is 0 Å². The molecule has 0 aliphatic heterocycles. The summed E-state index contributed by atoms with van der Waals surface area (Å²) in [5.41, 5.74) is 1.94. The molecule has 3 rings (SSSR count). The largest absolute Gasteiger partial charge is 0.493 e. The average Bonchev–Trinajstić information content (AvgIpc) is 2.99. The highest BCUT2D eigenvalue weighted by Crippen LogP contribution is 2.47. The maximum Gasteiger partial charge on any atom is 0.160 e. The molecule has 0 heterocycles. The molecule has 44 heavy (non-hydrogen) atoms. The van der Waals surface area contributed by atoms with Gasteiger partial charge in [-0.05, 0) is 55.4 Å². The number of hydrogen-bond donors (Lipinski definition) is 0. The quantitative estimate of drug-likeness (QED) is 0.194. The third-order valence-corrected chi connectivity index (χ3v) is 15.9. The van der Waals surface area contributed by atoms with Gasteiger partial charge in [-0.3, -0.25) is 0 Å². The summed E-state index contributed by atoms with van der Waals surface area (Å²) in [4.78, 5) is 0. The van der Waals surface area contributed by atoms with Gasteiger partial charge in [0.1, 0.15) is 0 Å². The molecular formula is C34H54O6Si4. The van der Waals surface area contributed by atoms with Crippen molar-refractivity contribution < 1.29 is 28.4 Å². The summed E-state index contributed by atoms with van der Waals surface area (Å²) >= 11 is 0. The normalized spacial score (nSPS) is 15.5. The van der Waals surface area contributed by atoms with E-state index in [1.54, 1.807) is 42.7 Å². The highest BCUT2D eigenvalue weighted by atomic mass is 28.2. The summed E-state index contributed by atoms with van der Waals surface area (Å²) in [7, 11) is 9.83. The molecule has 3 unspecified atom stereocenters. The highest BCUT2D eigenvalue weighted by molar-refractivity contribution is 6.57. The minimum atomic E-state index is -0.590. The molecule has 0 spiro atoms.